The summed E-state index contributed by atoms with van der Waals surface area (Å²) in [6, 6.07) is 11.5. The SMILES string of the molecule is C[C@@H](Sc1nc2ccccc2n1C(F)F)C(=O)Nc1ccc2[nH]c(=O)[nH]c2c1. The van der Waals surface area contributed by atoms with Gasteiger partial charge >= 0.3 is 12.2 Å². The number of H-pyrrole nitrogens is 2. The molecule has 0 spiro atoms. The zero-order valence-corrected chi connectivity index (χ0v) is 15.4. The van der Waals surface area contributed by atoms with E-state index in [2.05, 4.69) is 20.3 Å². The van der Waals surface area contributed by atoms with Crippen LogP contribution in [0.1, 0.15) is 13.5 Å². The van der Waals surface area contributed by atoms with Crippen molar-refractivity contribution >= 4 is 45.4 Å². The van der Waals surface area contributed by atoms with Crippen molar-refractivity contribution in [3.63, 3.8) is 0 Å². The van der Waals surface area contributed by atoms with Crippen LogP contribution in [0.2, 0.25) is 0 Å². The minimum Gasteiger partial charge on any atom is -0.325 e. The van der Waals surface area contributed by atoms with Crippen molar-refractivity contribution < 1.29 is 13.6 Å². The molecule has 0 bridgehead atoms. The largest absolute Gasteiger partial charge is 0.325 e. The van der Waals surface area contributed by atoms with Crippen LogP contribution < -0.4 is 11.0 Å². The number of anilines is 1. The highest BCUT2D eigenvalue weighted by atomic mass is 32.2. The fraction of sp³-hybridized carbons (Fsp3) is 0.167. The molecule has 3 N–H and O–H groups in total. The van der Waals surface area contributed by atoms with Crippen LogP contribution in [-0.2, 0) is 4.79 Å². The minimum atomic E-state index is -2.77. The van der Waals surface area contributed by atoms with Gasteiger partial charge in [0.1, 0.15) is 0 Å². The standard InChI is InChI=1S/C18H15F2N5O2S/c1-9(15(26)21-10-6-7-11-13(8-10)23-17(27)22-11)28-18-24-12-4-2-3-5-14(12)25(18)16(19)20/h2-9,16H,1H3,(H,21,26)(H2,22,23,27)/t9-/m1/s1. The molecule has 2 aromatic carbocycles. The molecule has 0 fully saturated rings. The van der Waals surface area contributed by atoms with Crippen molar-refractivity contribution in [3.8, 4) is 0 Å². The Morgan fingerprint density at radius 2 is 1.93 bits per heavy atom. The normalized spacial score (nSPS) is 12.7. The van der Waals surface area contributed by atoms with Crippen molar-refractivity contribution in [2.45, 2.75) is 23.9 Å². The van der Waals surface area contributed by atoms with Gasteiger partial charge in [-0.2, -0.15) is 8.78 Å². The average molecular weight is 403 g/mol. The lowest BCUT2D eigenvalue weighted by molar-refractivity contribution is -0.115. The Hall–Kier alpha value is -3.14. The molecule has 1 atom stereocenters. The number of hydrogen-bond acceptors (Lipinski definition) is 4. The molecule has 0 radical (unpaired) electrons. The van der Waals surface area contributed by atoms with E-state index in [9.17, 15) is 18.4 Å². The van der Waals surface area contributed by atoms with Gasteiger partial charge in [0.05, 0.1) is 27.3 Å². The molecular formula is C18H15F2N5O2S. The number of fused-ring (bicyclic) bond motifs is 2. The number of alkyl halides is 2. The van der Waals surface area contributed by atoms with Gasteiger partial charge in [0, 0.05) is 5.69 Å². The number of rotatable bonds is 5. The smallest absolute Gasteiger partial charge is 0.323 e. The summed E-state index contributed by atoms with van der Waals surface area (Å²) in [4.78, 5) is 33.3. The summed E-state index contributed by atoms with van der Waals surface area (Å²) in [5.74, 6) is -0.366. The van der Waals surface area contributed by atoms with Gasteiger partial charge in [-0.3, -0.25) is 9.36 Å². The summed E-state index contributed by atoms with van der Waals surface area (Å²) in [6.07, 6.45) is 0. The first-order valence-electron chi connectivity index (χ1n) is 8.37. The quantitative estimate of drug-likeness (QED) is 0.443. The second-order valence-electron chi connectivity index (χ2n) is 6.12. The molecule has 0 aliphatic heterocycles. The number of para-hydroxylation sites is 2. The van der Waals surface area contributed by atoms with Gasteiger partial charge in [-0.1, -0.05) is 23.9 Å². The first-order valence-corrected chi connectivity index (χ1v) is 9.25. The zero-order valence-electron chi connectivity index (χ0n) is 14.6. The summed E-state index contributed by atoms with van der Waals surface area (Å²) in [5.41, 5.74) is 2.09. The third-order valence-electron chi connectivity index (χ3n) is 4.19. The number of nitrogens with zero attached hydrogens (tertiary/aromatic N) is 2. The summed E-state index contributed by atoms with van der Waals surface area (Å²) >= 11 is 0.955. The molecule has 2 aromatic heterocycles. The highest BCUT2D eigenvalue weighted by Gasteiger charge is 2.23. The van der Waals surface area contributed by atoms with E-state index in [1.807, 2.05) is 0 Å². The topological polar surface area (TPSA) is 95.6 Å². The maximum absolute atomic E-state index is 13.5. The Morgan fingerprint density at radius 1 is 1.18 bits per heavy atom. The van der Waals surface area contributed by atoms with E-state index >= 15 is 0 Å². The van der Waals surface area contributed by atoms with E-state index in [0.717, 1.165) is 16.3 Å². The first-order chi connectivity index (χ1) is 13.4. The van der Waals surface area contributed by atoms with E-state index in [1.165, 1.54) is 0 Å². The third kappa shape index (κ3) is 3.38. The fourth-order valence-corrected chi connectivity index (χ4v) is 3.78. The molecule has 0 aliphatic rings. The molecule has 4 rings (SSSR count). The molecule has 4 aromatic rings. The predicted octanol–water partition coefficient (Wildman–Crippen LogP) is 3.72. The van der Waals surface area contributed by atoms with Crippen molar-refractivity contribution in [1.29, 1.82) is 0 Å². The zero-order chi connectivity index (χ0) is 19.8. The van der Waals surface area contributed by atoms with Crippen LogP contribution in [0.25, 0.3) is 22.1 Å². The number of thioether (sulfide) groups is 1. The maximum atomic E-state index is 13.5. The molecule has 0 unspecified atom stereocenters. The lowest BCUT2D eigenvalue weighted by Crippen LogP contribution is -2.23. The number of carbonyl (C=O) groups is 1. The van der Waals surface area contributed by atoms with Crippen LogP contribution in [0.3, 0.4) is 0 Å². The lowest BCUT2D eigenvalue weighted by Gasteiger charge is -2.13. The number of aromatic nitrogens is 4. The maximum Gasteiger partial charge on any atom is 0.323 e. The summed E-state index contributed by atoms with van der Waals surface area (Å²) in [5, 5.41) is 2.13. The average Bonchev–Trinajstić information content (AvgIpc) is 3.19. The van der Waals surface area contributed by atoms with Gasteiger partial charge in [0.15, 0.2) is 5.16 Å². The van der Waals surface area contributed by atoms with Crippen molar-refractivity contribution in [3.05, 3.63) is 52.9 Å². The summed E-state index contributed by atoms with van der Waals surface area (Å²) < 4.78 is 27.9. The number of amides is 1. The Balaban J connectivity index is 1.55. The van der Waals surface area contributed by atoms with Gasteiger partial charge in [-0.05, 0) is 37.3 Å². The summed E-state index contributed by atoms with van der Waals surface area (Å²) in [7, 11) is 0. The van der Waals surface area contributed by atoms with E-state index in [0.29, 0.717) is 27.8 Å². The number of imidazole rings is 2. The monoisotopic (exact) mass is 403 g/mol. The molecule has 10 heteroatoms. The van der Waals surface area contributed by atoms with Gasteiger partial charge in [-0.15, -0.1) is 0 Å². The number of benzene rings is 2. The highest BCUT2D eigenvalue weighted by Crippen LogP contribution is 2.31. The molecule has 7 nitrogen and oxygen atoms in total. The van der Waals surface area contributed by atoms with Gasteiger partial charge in [0.2, 0.25) is 5.91 Å². The van der Waals surface area contributed by atoms with Crippen molar-refractivity contribution in [2.24, 2.45) is 0 Å². The van der Waals surface area contributed by atoms with E-state index < -0.39 is 11.8 Å². The Morgan fingerprint density at radius 3 is 2.71 bits per heavy atom. The third-order valence-corrected chi connectivity index (χ3v) is 5.26. The minimum absolute atomic E-state index is 0.0734. The van der Waals surface area contributed by atoms with Crippen molar-refractivity contribution in [1.82, 2.24) is 19.5 Å². The molecule has 1 amide bonds. The van der Waals surface area contributed by atoms with Gasteiger partial charge in [-0.25, -0.2) is 9.78 Å². The number of hydrogen-bond donors (Lipinski definition) is 3. The van der Waals surface area contributed by atoms with Gasteiger partial charge in [0.25, 0.3) is 0 Å². The molecule has 0 saturated heterocycles. The molecule has 144 valence electrons. The number of aromatic amines is 2. The number of nitrogens with one attached hydrogen (secondary N) is 3. The summed E-state index contributed by atoms with van der Waals surface area (Å²) in [6.45, 7) is -1.15. The number of halogens is 2. The van der Waals surface area contributed by atoms with Crippen LogP contribution in [0.4, 0.5) is 14.5 Å². The number of carbonyl (C=O) groups excluding carboxylic acids is 1. The van der Waals surface area contributed by atoms with Gasteiger partial charge < -0.3 is 15.3 Å². The molecule has 0 aliphatic carbocycles. The van der Waals surface area contributed by atoms with E-state index in [-0.39, 0.29) is 16.8 Å². The van der Waals surface area contributed by atoms with Crippen LogP contribution >= 0.6 is 11.8 Å². The van der Waals surface area contributed by atoms with E-state index in [1.54, 1.807) is 49.4 Å². The van der Waals surface area contributed by atoms with Crippen LogP contribution in [0.15, 0.2) is 52.4 Å². The van der Waals surface area contributed by atoms with E-state index in [4.69, 9.17) is 0 Å². The highest BCUT2D eigenvalue weighted by molar-refractivity contribution is 8.00. The fourth-order valence-electron chi connectivity index (χ4n) is 2.86. The van der Waals surface area contributed by atoms with Crippen LogP contribution in [0, 0.1) is 0 Å². The Kier molecular flexibility index (Phi) is 4.63. The predicted molar refractivity (Wildman–Crippen MR) is 104 cm³/mol. The van der Waals surface area contributed by atoms with Crippen LogP contribution in [-0.4, -0.2) is 30.7 Å². The lowest BCUT2D eigenvalue weighted by atomic mass is 10.2. The second kappa shape index (κ2) is 7.12. The second-order valence-corrected chi connectivity index (χ2v) is 7.43. The van der Waals surface area contributed by atoms with Crippen molar-refractivity contribution in [2.75, 3.05) is 5.32 Å². The molecule has 0 saturated carbocycles. The Labute approximate surface area is 161 Å². The molecule has 28 heavy (non-hydrogen) atoms. The first kappa shape index (κ1) is 18.2. The molecular weight excluding hydrogens is 388 g/mol. The molecule has 2 heterocycles. The Bertz CT molecular complexity index is 1230. The van der Waals surface area contributed by atoms with Crippen LogP contribution in [0.5, 0.6) is 0 Å².